The zero-order valence-electron chi connectivity index (χ0n) is 11.4. The van der Waals surface area contributed by atoms with Crippen molar-refractivity contribution in [2.75, 3.05) is 7.11 Å². The van der Waals surface area contributed by atoms with E-state index in [1.54, 1.807) is 6.07 Å². The molecule has 104 valence electrons. The number of aliphatic carboxylic acids is 1. The highest BCUT2D eigenvalue weighted by Crippen LogP contribution is 2.39. The minimum atomic E-state index is -1.02. The van der Waals surface area contributed by atoms with Crippen LogP contribution in [-0.4, -0.2) is 23.3 Å². The lowest BCUT2D eigenvalue weighted by Crippen LogP contribution is -1.92. The van der Waals surface area contributed by atoms with Crippen LogP contribution in [0.25, 0.3) is 16.8 Å². The van der Waals surface area contributed by atoms with E-state index in [9.17, 15) is 9.90 Å². The van der Waals surface area contributed by atoms with Crippen molar-refractivity contribution >= 4 is 22.8 Å². The lowest BCUT2D eigenvalue weighted by molar-refractivity contribution is -0.131. The highest BCUT2D eigenvalue weighted by atomic mass is 16.5. The molecule has 0 aliphatic rings. The summed E-state index contributed by atoms with van der Waals surface area (Å²) in [5.74, 6) is -0.590. The van der Waals surface area contributed by atoms with Gasteiger partial charge in [0.25, 0.3) is 0 Å². The number of phenolic OH excluding ortho intramolecular Hbond substituents is 1. The van der Waals surface area contributed by atoms with Gasteiger partial charge in [0.05, 0.1) is 7.11 Å². The highest BCUT2D eigenvalue weighted by Gasteiger charge is 2.13. The number of carbonyl (C=O) groups is 1. The summed E-state index contributed by atoms with van der Waals surface area (Å²) in [7, 11) is 1.47. The van der Waals surface area contributed by atoms with Crippen molar-refractivity contribution < 1.29 is 19.7 Å². The van der Waals surface area contributed by atoms with E-state index < -0.39 is 5.97 Å². The molecule has 0 saturated heterocycles. The Kier molecular flexibility index (Phi) is 3.94. The van der Waals surface area contributed by atoms with Crippen LogP contribution in [-0.2, 0) is 11.2 Å². The Bertz CT molecular complexity index is 686. The maximum atomic E-state index is 10.7. The third-order valence-corrected chi connectivity index (χ3v) is 3.22. The fraction of sp³-hybridized carbons (Fsp3) is 0.188. The summed E-state index contributed by atoms with van der Waals surface area (Å²) in [6, 6.07) is 7.32. The van der Waals surface area contributed by atoms with E-state index in [-0.39, 0.29) is 5.75 Å². The number of carboxylic acid groups (broad SMARTS) is 1. The van der Waals surface area contributed by atoms with Crippen LogP contribution < -0.4 is 4.74 Å². The highest BCUT2D eigenvalue weighted by molar-refractivity contribution is 6.00. The Morgan fingerprint density at radius 2 is 2.15 bits per heavy atom. The van der Waals surface area contributed by atoms with Gasteiger partial charge >= 0.3 is 5.97 Å². The van der Waals surface area contributed by atoms with Gasteiger partial charge in [-0.3, -0.25) is 0 Å². The first-order valence-electron chi connectivity index (χ1n) is 6.31. The van der Waals surface area contributed by atoms with Gasteiger partial charge in [0, 0.05) is 11.5 Å². The molecular weight excluding hydrogens is 256 g/mol. The third kappa shape index (κ3) is 2.45. The molecule has 0 heterocycles. The van der Waals surface area contributed by atoms with E-state index in [2.05, 4.69) is 0 Å². The quantitative estimate of drug-likeness (QED) is 0.839. The Hall–Kier alpha value is -2.49. The van der Waals surface area contributed by atoms with Crippen molar-refractivity contribution in [2.24, 2.45) is 0 Å². The van der Waals surface area contributed by atoms with E-state index in [0.29, 0.717) is 16.7 Å². The summed E-state index contributed by atoms with van der Waals surface area (Å²) < 4.78 is 5.17. The molecule has 0 bridgehead atoms. The first kappa shape index (κ1) is 13.9. The van der Waals surface area contributed by atoms with Crippen molar-refractivity contribution in [3.05, 3.63) is 41.5 Å². The van der Waals surface area contributed by atoms with Crippen LogP contribution in [0.15, 0.2) is 30.3 Å². The van der Waals surface area contributed by atoms with Gasteiger partial charge in [-0.25, -0.2) is 4.79 Å². The molecule has 0 aliphatic heterocycles. The standard InChI is InChI=1S/C16H16O4/c1-3-10-5-4-6-12-11(7-8-14(17)18)9-13(20-2)16(19)15(10)12/h4-9,19H,3H2,1-2H3,(H,17,18)/b8-7+. The van der Waals surface area contributed by atoms with Gasteiger partial charge in [-0.1, -0.05) is 25.1 Å². The number of fused-ring (bicyclic) bond motifs is 1. The fourth-order valence-corrected chi connectivity index (χ4v) is 2.28. The molecule has 0 radical (unpaired) electrons. The normalized spacial score (nSPS) is 11.1. The van der Waals surface area contributed by atoms with E-state index in [0.717, 1.165) is 23.4 Å². The molecule has 20 heavy (non-hydrogen) atoms. The zero-order valence-corrected chi connectivity index (χ0v) is 11.4. The van der Waals surface area contributed by atoms with Crippen molar-refractivity contribution in [1.82, 2.24) is 0 Å². The van der Waals surface area contributed by atoms with Gasteiger partial charge in [-0.2, -0.15) is 0 Å². The average molecular weight is 272 g/mol. The topological polar surface area (TPSA) is 66.8 Å². The summed E-state index contributed by atoms with van der Waals surface area (Å²) in [5, 5.41) is 20.6. The van der Waals surface area contributed by atoms with Crippen molar-refractivity contribution in [1.29, 1.82) is 0 Å². The molecule has 0 spiro atoms. The molecule has 2 aromatic carbocycles. The Balaban J connectivity index is 2.81. The third-order valence-electron chi connectivity index (χ3n) is 3.22. The van der Waals surface area contributed by atoms with Gasteiger partial charge in [0.2, 0.25) is 0 Å². The monoisotopic (exact) mass is 272 g/mol. The molecule has 4 nitrogen and oxygen atoms in total. The second-order valence-corrected chi connectivity index (χ2v) is 4.38. The minimum absolute atomic E-state index is 0.0902. The van der Waals surface area contributed by atoms with Crippen LogP contribution in [0.1, 0.15) is 18.1 Å². The number of carboxylic acids is 1. The second-order valence-electron chi connectivity index (χ2n) is 4.38. The Morgan fingerprint density at radius 1 is 1.40 bits per heavy atom. The Labute approximate surface area is 116 Å². The van der Waals surface area contributed by atoms with Crippen molar-refractivity contribution in [3.8, 4) is 11.5 Å². The van der Waals surface area contributed by atoms with Gasteiger partial charge in [-0.05, 0) is 35.1 Å². The molecular formula is C16H16O4. The van der Waals surface area contributed by atoms with E-state index in [4.69, 9.17) is 9.84 Å². The summed E-state index contributed by atoms with van der Waals surface area (Å²) in [6.07, 6.45) is 3.34. The van der Waals surface area contributed by atoms with E-state index in [1.807, 2.05) is 25.1 Å². The second kappa shape index (κ2) is 5.65. The molecule has 0 unspecified atom stereocenters. The molecule has 0 saturated carbocycles. The first-order valence-corrected chi connectivity index (χ1v) is 6.31. The molecule has 2 rings (SSSR count). The number of hydrogen-bond acceptors (Lipinski definition) is 3. The minimum Gasteiger partial charge on any atom is -0.504 e. The predicted molar refractivity (Wildman–Crippen MR) is 78.2 cm³/mol. The van der Waals surface area contributed by atoms with Crippen LogP contribution in [0, 0.1) is 0 Å². The van der Waals surface area contributed by atoms with Crippen molar-refractivity contribution in [3.63, 3.8) is 0 Å². The number of phenols is 1. The molecule has 0 aliphatic carbocycles. The SMILES string of the molecule is CCc1cccc2c(/C=C/C(=O)O)cc(OC)c(O)c12. The van der Waals surface area contributed by atoms with Crippen molar-refractivity contribution in [2.45, 2.75) is 13.3 Å². The lowest BCUT2D eigenvalue weighted by Gasteiger charge is -2.13. The Morgan fingerprint density at radius 3 is 2.75 bits per heavy atom. The smallest absolute Gasteiger partial charge is 0.328 e. The van der Waals surface area contributed by atoms with Gasteiger partial charge in [-0.15, -0.1) is 0 Å². The molecule has 0 amide bonds. The molecule has 0 fully saturated rings. The number of aryl methyl sites for hydroxylation is 1. The number of ether oxygens (including phenoxy) is 1. The van der Waals surface area contributed by atoms with Crippen LogP contribution >= 0.6 is 0 Å². The predicted octanol–water partition coefficient (Wildman–Crippen LogP) is 3.21. The largest absolute Gasteiger partial charge is 0.504 e. The van der Waals surface area contributed by atoms with E-state index >= 15 is 0 Å². The van der Waals surface area contributed by atoms with Crippen LogP contribution in [0.4, 0.5) is 0 Å². The van der Waals surface area contributed by atoms with Gasteiger partial charge in [0.1, 0.15) is 0 Å². The maximum Gasteiger partial charge on any atom is 0.328 e. The number of rotatable bonds is 4. The maximum absolute atomic E-state index is 10.7. The summed E-state index contributed by atoms with van der Waals surface area (Å²) in [4.78, 5) is 10.7. The fourth-order valence-electron chi connectivity index (χ4n) is 2.28. The number of benzene rings is 2. The van der Waals surface area contributed by atoms with Crippen LogP contribution in [0.3, 0.4) is 0 Å². The van der Waals surface area contributed by atoms with E-state index in [1.165, 1.54) is 13.2 Å². The zero-order chi connectivity index (χ0) is 14.7. The molecule has 2 N–H and O–H groups in total. The van der Waals surface area contributed by atoms with Gasteiger partial charge in [0.15, 0.2) is 11.5 Å². The summed E-state index contributed by atoms with van der Waals surface area (Å²) in [5.41, 5.74) is 1.69. The number of aromatic hydroxyl groups is 1. The number of methoxy groups -OCH3 is 1. The van der Waals surface area contributed by atoms with Crippen LogP contribution in [0.5, 0.6) is 11.5 Å². The lowest BCUT2D eigenvalue weighted by atomic mass is 9.97. The molecule has 0 aromatic heterocycles. The van der Waals surface area contributed by atoms with Crippen LogP contribution in [0.2, 0.25) is 0 Å². The summed E-state index contributed by atoms with van der Waals surface area (Å²) >= 11 is 0. The average Bonchev–Trinajstić information content (AvgIpc) is 2.45. The first-order chi connectivity index (χ1) is 9.58. The molecule has 2 aromatic rings. The summed E-state index contributed by atoms with van der Waals surface area (Å²) in [6.45, 7) is 2.00. The number of hydrogen-bond donors (Lipinski definition) is 2. The molecule has 0 atom stereocenters. The van der Waals surface area contributed by atoms with Gasteiger partial charge < -0.3 is 14.9 Å². The molecule has 4 heteroatoms.